The molecule has 8 nitrogen and oxygen atoms in total. The lowest BCUT2D eigenvalue weighted by atomic mass is 10.1. The first-order valence-electron chi connectivity index (χ1n) is 11.3. The van der Waals surface area contributed by atoms with Crippen molar-refractivity contribution >= 4 is 15.9 Å². The van der Waals surface area contributed by atoms with Gasteiger partial charge in [-0.2, -0.15) is 4.31 Å². The van der Waals surface area contributed by atoms with Gasteiger partial charge in [-0.3, -0.25) is 4.79 Å². The number of nitrogens with zero attached hydrogens (tertiary/aromatic N) is 2. The molecule has 0 spiro atoms. The highest BCUT2D eigenvalue weighted by molar-refractivity contribution is 7.89. The number of sulfonamides is 1. The third-order valence-electron chi connectivity index (χ3n) is 5.90. The summed E-state index contributed by atoms with van der Waals surface area (Å²) in [5.74, 6) is 1.47. The zero-order chi connectivity index (χ0) is 23.3. The number of fused-ring (bicyclic) bond motifs is 1. The highest BCUT2D eigenvalue weighted by Crippen LogP contribution is 2.34. The molecule has 2 aromatic rings. The molecular weight excluding hydrogens is 444 g/mol. The van der Waals surface area contributed by atoms with Crippen LogP contribution in [-0.4, -0.2) is 69.6 Å². The van der Waals surface area contributed by atoms with Crippen molar-refractivity contribution in [3.63, 3.8) is 0 Å². The van der Waals surface area contributed by atoms with Gasteiger partial charge in [-0.1, -0.05) is 24.3 Å². The molecule has 0 atom stereocenters. The molecule has 0 radical (unpaired) electrons. The Morgan fingerprint density at radius 1 is 1.00 bits per heavy atom. The Morgan fingerprint density at radius 3 is 2.45 bits per heavy atom. The zero-order valence-electron chi connectivity index (χ0n) is 18.9. The van der Waals surface area contributed by atoms with Gasteiger partial charge in [0.15, 0.2) is 11.5 Å². The first-order valence-corrected chi connectivity index (χ1v) is 12.7. The molecule has 0 aromatic heterocycles. The maximum atomic E-state index is 12.9. The number of morpholine rings is 1. The molecule has 2 aliphatic rings. The normalized spacial score (nSPS) is 16.4. The van der Waals surface area contributed by atoms with Crippen LogP contribution in [0, 0.1) is 0 Å². The second kappa shape index (κ2) is 10.5. The third kappa shape index (κ3) is 5.48. The summed E-state index contributed by atoms with van der Waals surface area (Å²) in [4.78, 5) is 15.0. The fourth-order valence-electron chi connectivity index (χ4n) is 4.01. The lowest BCUT2D eigenvalue weighted by Crippen LogP contribution is -2.40. The van der Waals surface area contributed by atoms with Gasteiger partial charge in [0, 0.05) is 38.2 Å². The standard InChI is InChI=1S/C24H30N2O6S/c1-2-25(18-20-4-3-5-22-24(20)32-17-16-31-22)23(27)11-8-19-6-9-21(10-7-19)33(28,29)26-12-14-30-15-13-26/h3-7,9-10H,2,8,11-18H2,1H3. The van der Waals surface area contributed by atoms with E-state index in [9.17, 15) is 13.2 Å². The van der Waals surface area contributed by atoms with Gasteiger partial charge in [-0.15, -0.1) is 0 Å². The summed E-state index contributed by atoms with van der Waals surface area (Å²) < 4.78 is 43.6. The molecular formula is C24H30N2O6S. The minimum absolute atomic E-state index is 0.0387. The van der Waals surface area contributed by atoms with Gasteiger partial charge in [0.05, 0.1) is 18.1 Å². The molecule has 2 aromatic carbocycles. The van der Waals surface area contributed by atoms with E-state index in [0.717, 1.165) is 16.9 Å². The SMILES string of the molecule is CCN(Cc1cccc2c1OCCO2)C(=O)CCc1ccc(S(=O)(=O)N2CCOCC2)cc1. The second-order valence-corrected chi connectivity index (χ2v) is 9.95. The van der Waals surface area contributed by atoms with Crippen molar-refractivity contribution in [2.45, 2.75) is 31.2 Å². The van der Waals surface area contributed by atoms with Crippen molar-refractivity contribution in [3.05, 3.63) is 53.6 Å². The van der Waals surface area contributed by atoms with E-state index in [4.69, 9.17) is 14.2 Å². The van der Waals surface area contributed by atoms with Crippen LogP contribution < -0.4 is 9.47 Å². The summed E-state index contributed by atoms with van der Waals surface area (Å²) >= 11 is 0. The van der Waals surface area contributed by atoms with Gasteiger partial charge < -0.3 is 19.1 Å². The fourth-order valence-corrected chi connectivity index (χ4v) is 5.42. The van der Waals surface area contributed by atoms with E-state index in [1.165, 1.54) is 4.31 Å². The zero-order valence-corrected chi connectivity index (χ0v) is 19.7. The molecule has 0 unspecified atom stereocenters. The number of carbonyl (C=O) groups is 1. The van der Waals surface area contributed by atoms with E-state index in [1.807, 2.05) is 25.1 Å². The molecule has 2 aliphatic heterocycles. The van der Waals surface area contributed by atoms with Crippen LogP contribution in [0.25, 0.3) is 0 Å². The molecule has 1 amide bonds. The molecule has 4 rings (SSSR count). The maximum Gasteiger partial charge on any atom is 0.243 e. The molecule has 2 heterocycles. The molecule has 33 heavy (non-hydrogen) atoms. The van der Waals surface area contributed by atoms with E-state index in [2.05, 4.69) is 0 Å². The van der Waals surface area contributed by atoms with Gasteiger partial charge in [-0.25, -0.2) is 8.42 Å². The summed E-state index contributed by atoms with van der Waals surface area (Å²) in [7, 11) is -3.51. The van der Waals surface area contributed by atoms with Crippen molar-refractivity contribution in [3.8, 4) is 11.5 Å². The predicted molar refractivity (Wildman–Crippen MR) is 123 cm³/mol. The van der Waals surface area contributed by atoms with Crippen LogP contribution in [0.15, 0.2) is 47.4 Å². The van der Waals surface area contributed by atoms with Gasteiger partial charge in [-0.05, 0) is 37.1 Å². The number of benzene rings is 2. The number of para-hydroxylation sites is 1. The minimum Gasteiger partial charge on any atom is -0.486 e. The maximum absolute atomic E-state index is 12.9. The van der Waals surface area contributed by atoms with Crippen LogP contribution in [-0.2, 0) is 32.5 Å². The number of amides is 1. The number of hydrogen-bond acceptors (Lipinski definition) is 6. The first kappa shape index (κ1) is 23.5. The van der Waals surface area contributed by atoms with E-state index in [1.54, 1.807) is 29.2 Å². The lowest BCUT2D eigenvalue weighted by molar-refractivity contribution is -0.131. The Balaban J connectivity index is 1.36. The van der Waals surface area contributed by atoms with Crippen molar-refractivity contribution in [2.24, 2.45) is 0 Å². The average molecular weight is 475 g/mol. The van der Waals surface area contributed by atoms with E-state index < -0.39 is 10.0 Å². The van der Waals surface area contributed by atoms with Crippen molar-refractivity contribution in [2.75, 3.05) is 46.1 Å². The minimum atomic E-state index is -3.51. The monoisotopic (exact) mass is 474 g/mol. The number of aryl methyl sites for hydroxylation is 1. The van der Waals surface area contributed by atoms with Crippen LogP contribution in [0.2, 0.25) is 0 Å². The summed E-state index contributed by atoms with van der Waals surface area (Å²) in [5.41, 5.74) is 1.86. The summed E-state index contributed by atoms with van der Waals surface area (Å²) in [6.45, 7) is 5.59. The molecule has 1 fully saturated rings. The third-order valence-corrected chi connectivity index (χ3v) is 7.81. The number of ether oxygens (including phenoxy) is 3. The number of carbonyl (C=O) groups excluding carboxylic acids is 1. The summed E-state index contributed by atoms with van der Waals surface area (Å²) in [6, 6.07) is 12.6. The molecule has 0 aliphatic carbocycles. The van der Waals surface area contributed by atoms with Crippen LogP contribution >= 0.6 is 0 Å². The van der Waals surface area contributed by atoms with Crippen LogP contribution in [0.5, 0.6) is 11.5 Å². The van der Waals surface area contributed by atoms with Gasteiger partial charge in [0.1, 0.15) is 13.2 Å². The van der Waals surface area contributed by atoms with Crippen molar-refractivity contribution < 1.29 is 27.4 Å². The van der Waals surface area contributed by atoms with E-state index in [-0.39, 0.29) is 10.8 Å². The highest BCUT2D eigenvalue weighted by atomic mass is 32.2. The van der Waals surface area contributed by atoms with Gasteiger partial charge >= 0.3 is 0 Å². The quantitative estimate of drug-likeness (QED) is 0.584. The van der Waals surface area contributed by atoms with Gasteiger partial charge in [0.2, 0.25) is 15.9 Å². The molecule has 0 bridgehead atoms. The Labute approximate surface area is 195 Å². The fraction of sp³-hybridized carbons (Fsp3) is 0.458. The molecule has 1 saturated heterocycles. The van der Waals surface area contributed by atoms with Crippen LogP contribution in [0.4, 0.5) is 0 Å². The Kier molecular flexibility index (Phi) is 7.52. The lowest BCUT2D eigenvalue weighted by Gasteiger charge is -2.26. The van der Waals surface area contributed by atoms with E-state index in [0.29, 0.717) is 71.2 Å². The van der Waals surface area contributed by atoms with Crippen LogP contribution in [0.3, 0.4) is 0 Å². The average Bonchev–Trinajstić information content (AvgIpc) is 2.86. The smallest absolute Gasteiger partial charge is 0.243 e. The Morgan fingerprint density at radius 2 is 1.73 bits per heavy atom. The molecule has 9 heteroatoms. The highest BCUT2D eigenvalue weighted by Gasteiger charge is 2.26. The van der Waals surface area contributed by atoms with Crippen LogP contribution in [0.1, 0.15) is 24.5 Å². The topological polar surface area (TPSA) is 85.4 Å². The molecule has 178 valence electrons. The Hall–Kier alpha value is -2.62. The predicted octanol–water partition coefficient (Wildman–Crippen LogP) is 2.46. The number of hydrogen-bond donors (Lipinski definition) is 0. The molecule has 0 N–H and O–H groups in total. The Bertz CT molecular complexity index is 1060. The van der Waals surface area contributed by atoms with Crippen molar-refractivity contribution in [1.82, 2.24) is 9.21 Å². The molecule has 0 saturated carbocycles. The van der Waals surface area contributed by atoms with Gasteiger partial charge in [0.25, 0.3) is 0 Å². The largest absolute Gasteiger partial charge is 0.486 e. The summed E-state index contributed by atoms with van der Waals surface area (Å²) in [6.07, 6.45) is 0.884. The second-order valence-electron chi connectivity index (χ2n) is 8.01. The van der Waals surface area contributed by atoms with E-state index >= 15 is 0 Å². The summed E-state index contributed by atoms with van der Waals surface area (Å²) in [5, 5.41) is 0. The number of rotatable bonds is 8. The first-order chi connectivity index (χ1) is 16.0. The van der Waals surface area contributed by atoms with Crippen molar-refractivity contribution in [1.29, 1.82) is 0 Å².